The fourth-order valence-electron chi connectivity index (χ4n) is 3.51. The number of nitrogens with one attached hydrogen (secondary N) is 1. The Morgan fingerprint density at radius 2 is 2.12 bits per heavy atom. The lowest BCUT2D eigenvalue weighted by Crippen LogP contribution is -2.45. The molecule has 1 unspecified atom stereocenters. The van der Waals surface area contributed by atoms with Crippen molar-refractivity contribution in [2.24, 2.45) is 0 Å². The molecule has 0 aliphatic carbocycles. The molecule has 4 heterocycles. The lowest BCUT2D eigenvalue weighted by atomic mass is 10.0. The summed E-state index contributed by atoms with van der Waals surface area (Å²) in [6.45, 7) is 2.60. The van der Waals surface area contributed by atoms with Crippen molar-refractivity contribution in [1.29, 1.82) is 0 Å². The summed E-state index contributed by atoms with van der Waals surface area (Å²) in [4.78, 5) is 15.8. The van der Waals surface area contributed by atoms with Crippen LogP contribution in [0.1, 0.15) is 24.6 Å². The van der Waals surface area contributed by atoms with Crippen molar-refractivity contribution < 1.29 is 4.74 Å². The SMILES string of the molecule is COCC(NC1CCN(c2ncnc3ccsc23)CC1)c1ccccn1. The predicted octanol–water partition coefficient (Wildman–Crippen LogP) is 3.03. The van der Waals surface area contributed by atoms with Gasteiger partial charge in [0.25, 0.3) is 0 Å². The Labute approximate surface area is 157 Å². The highest BCUT2D eigenvalue weighted by Crippen LogP contribution is 2.30. The molecule has 0 radical (unpaired) electrons. The molecule has 1 fully saturated rings. The van der Waals surface area contributed by atoms with Crippen LogP contribution in [0, 0.1) is 0 Å². The van der Waals surface area contributed by atoms with Crippen LogP contribution in [0.3, 0.4) is 0 Å². The van der Waals surface area contributed by atoms with Crippen LogP contribution in [0.15, 0.2) is 42.2 Å². The molecule has 1 atom stereocenters. The third-order valence-electron chi connectivity index (χ3n) is 4.83. The third kappa shape index (κ3) is 3.70. The molecule has 0 spiro atoms. The van der Waals surface area contributed by atoms with Crippen molar-refractivity contribution in [3.05, 3.63) is 47.9 Å². The van der Waals surface area contributed by atoms with Gasteiger partial charge >= 0.3 is 0 Å². The zero-order chi connectivity index (χ0) is 17.8. The highest BCUT2D eigenvalue weighted by atomic mass is 32.1. The van der Waals surface area contributed by atoms with Gasteiger partial charge in [0.05, 0.1) is 28.6 Å². The maximum atomic E-state index is 5.40. The number of anilines is 1. The van der Waals surface area contributed by atoms with Crippen LogP contribution in [0.2, 0.25) is 0 Å². The molecular formula is C19H23N5OS. The lowest BCUT2D eigenvalue weighted by molar-refractivity contribution is 0.156. The zero-order valence-electron chi connectivity index (χ0n) is 14.8. The van der Waals surface area contributed by atoms with Gasteiger partial charge in [-0.2, -0.15) is 0 Å². The molecule has 7 heteroatoms. The first-order valence-electron chi connectivity index (χ1n) is 8.94. The topological polar surface area (TPSA) is 63.2 Å². The minimum absolute atomic E-state index is 0.126. The van der Waals surface area contributed by atoms with Gasteiger partial charge in [-0.05, 0) is 36.4 Å². The molecule has 3 aromatic heterocycles. The standard InChI is InChI=1S/C19H23N5OS/c1-25-12-17(15-4-2-3-8-20-15)23-14-5-9-24(10-6-14)19-18-16(7-11-26-18)21-13-22-19/h2-4,7-8,11,13-14,17,23H,5-6,9-10,12H2,1H3. The summed E-state index contributed by atoms with van der Waals surface area (Å²) < 4.78 is 6.59. The van der Waals surface area contributed by atoms with Crippen molar-refractivity contribution in [1.82, 2.24) is 20.3 Å². The second-order valence-corrected chi connectivity index (χ2v) is 7.44. The lowest BCUT2D eigenvalue weighted by Gasteiger charge is -2.35. The molecule has 1 aliphatic rings. The summed E-state index contributed by atoms with van der Waals surface area (Å²) in [6, 6.07) is 8.66. The van der Waals surface area contributed by atoms with Crippen LogP contribution in [0.5, 0.6) is 0 Å². The van der Waals surface area contributed by atoms with Crippen molar-refractivity contribution in [3.63, 3.8) is 0 Å². The highest BCUT2D eigenvalue weighted by Gasteiger charge is 2.24. The zero-order valence-corrected chi connectivity index (χ0v) is 15.7. The molecule has 1 aliphatic heterocycles. The van der Waals surface area contributed by atoms with Crippen LogP contribution >= 0.6 is 11.3 Å². The van der Waals surface area contributed by atoms with E-state index in [1.807, 2.05) is 18.3 Å². The number of fused-ring (bicyclic) bond motifs is 1. The first-order chi connectivity index (χ1) is 12.8. The van der Waals surface area contributed by atoms with Gasteiger partial charge in [-0.25, -0.2) is 9.97 Å². The molecule has 6 nitrogen and oxygen atoms in total. The van der Waals surface area contributed by atoms with Gasteiger partial charge in [-0.1, -0.05) is 6.07 Å². The van der Waals surface area contributed by atoms with E-state index in [9.17, 15) is 0 Å². The summed E-state index contributed by atoms with van der Waals surface area (Å²) in [7, 11) is 1.74. The molecule has 0 bridgehead atoms. The number of aromatic nitrogens is 3. The monoisotopic (exact) mass is 369 g/mol. The van der Waals surface area contributed by atoms with Crippen molar-refractivity contribution in [2.75, 3.05) is 31.7 Å². The van der Waals surface area contributed by atoms with Crippen LogP contribution in [0.4, 0.5) is 5.82 Å². The minimum Gasteiger partial charge on any atom is -0.383 e. The van der Waals surface area contributed by atoms with Crippen molar-refractivity contribution in [3.8, 4) is 0 Å². The highest BCUT2D eigenvalue weighted by molar-refractivity contribution is 7.17. The second-order valence-electron chi connectivity index (χ2n) is 6.52. The normalized spacial score (nSPS) is 16.9. The van der Waals surface area contributed by atoms with E-state index in [1.54, 1.807) is 24.8 Å². The molecule has 1 saturated heterocycles. The molecule has 0 aromatic carbocycles. The van der Waals surface area contributed by atoms with E-state index in [-0.39, 0.29) is 6.04 Å². The van der Waals surface area contributed by atoms with Gasteiger partial charge in [-0.3, -0.25) is 4.98 Å². The summed E-state index contributed by atoms with van der Waals surface area (Å²) in [5.74, 6) is 1.07. The van der Waals surface area contributed by atoms with E-state index in [0.29, 0.717) is 12.6 Å². The first-order valence-corrected chi connectivity index (χ1v) is 9.82. The smallest absolute Gasteiger partial charge is 0.150 e. The van der Waals surface area contributed by atoms with Crippen LogP contribution in [-0.4, -0.2) is 47.8 Å². The van der Waals surface area contributed by atoms with E-state index >= 15 is 0 Å². The van der Waals surface area contributed by atoms with Crippen molar-refractivity contribution >= 4 is 27.4 Å². The fraction of sp³-hybridized carbons (Fsp3) is 0.421. The van der Waals surface area contributed by atoms with Crippen molar-refractivity contribution in [2.45, 2.75) is 24.9 Å². The summed E-state index contributed by atoms with van der Waals surface area (Å²) in [6.07, 6.45) is 5.65. The van der Waals surface area contributed by atoms with Gasteiger partial charge in [0.15, 0.2) is 0 Å². The van der Waals surface area contributed by atoms with Crippen LogP contribution in [-0.2, 0) is 4.74 Å². The molecule has 4 rings (SSSR count). The predicted molar refractivity (Wildman–Crippen MR) is 105 cm³/mol. The Bertz CT molecular complexity index is 832. The third-order valence-corrected chi connectivity index (χ3v) is 5.73. The quantitative estimate of drug-likeness (QED) is 0.721. The molecule has 1 N–H and O–H groups in total. The summed E-state index contributed by atoms with van der Waals surface area (Å²) >= 11 is 1.72. The van der Waals surface area contributed by atoms with E-state index in [4.69, 9.17) is 4.74 Å². The maximum Gasteiger partial charge on any atom is 0.150 e. The molecule has 3 aromatic rings. The molecular weight excluding hydrogens is 346 g/mol. The van der Waals surface area contributed by atoms with Crippen LogP contribution < -0.4 is 10.2 Å². The Kier molecular flexibility index (Phi) is 5.38. The number of piperidine rings is 1. The fourth-order valence-corrected chi connectivity index (χ4v) is 4.37. The number of hydrogen-bond donors (Lipinski definition) is 1. The van der Waals surface area contributed by atoms with E-state index in [2.05, 4.69) is 42.7 Å². The minimum atomic E-state index is 0.126. The number of ether oxygens (including phenoxy) is 1. The average Bonchev–Trinajstić information content (AvgIpc) is 3.18. The summed E-state index contributed by atoms with van der Waals surface area (Å²) in [5.41, 5.74) is 2.07. The largest absolute Gasteiger partial charge is 0.383 e. The van der Waals surface area contributed by atoms with Gasteiger partial charge in [0, 0.05) is 32.4 Å². The van der Waals surface area contributed by atoms with Gasteiger partial charge in [0.1, 0.15) is 12.1 Å². The Morgan fingerprint density at radius 3 is 2.88 bits per heavy atom. The first kappa shape index (κ1) is 17.3. The Hall–Kier alpha value is -2.09. The molecule has 136 valence electrons. The van der Waals surface area contributed by atoms with Gasteiger partial charge in [0.2, 0.25) is 0 Å². The second kappa shape index (κ2) is 8.07. The Morgan fingerprint density at radius 1 is 1.23 bits per heavy atom. The number of thiophene rings is 1. The number of nitrogens with zero attached hydrogens (tertiary/aromatic N) is 4. The summed E-state index contributed by atoms with van der Waals surface area (Å²) in [5, 5.41) is 5.82. The van der Waals surface area contributed by atoms with E-state index < -0.39 is 0 Å². The van der Waals surface area contributed by atoms with Gasteiger partial charge in [-0.15, -0.1) is 11.3 Å². The van der Waals surface area contributed by atoms with E-state index in [0.717, 1.165) is 43.0 Å². The number of pyridine rings is 1. The maximum absolute atomic E-state index is 5.40. The Balaban J connectivity index is 1.41. The average molecular weight is 369 g/mol. The van der Waals surface area contributed by atoms with E-state index in [1.165, 1.54) is 4.70 Å². The van der Waals surface area contributed by atoms with Crippen LogP contribution in [0.25, 0.3) is 10.2 Å². The molecule has 0 saturated carbocycles. The number of rotatable bonds is 6. The number of methoxy groups -OCH3 is 1. The van der Waals surface area contributed by atoms with Gasteiger partial charge < -0.3 is 15.0 Å². The molecule has 0 amide bonds. The number of hydrogen-bond acceptors (Lipinski definition) is 7. The molecule has 26 heavy (non-hydrogen) atoms.